The molecule has 8 heteroatoms. The number of rotatable bonds is 6. The highest BCUT2D eigenvalue weighted by Gasteiger charge is 2.27. The lowest BCUT2D eigenvalue weighted by atomic mass is 9.97. The Kier molecular flexibility index (Phi) is 5.80. The van der Waals surface area contributed by atoms with Gasteiger partial charge in [-0.1, -0.05) is 11.3 Å². The van der Waals surface area contributed by atoms with Crippen molar-refractivity contribution in [3.63, 3.8) is 0 Å². The first kappa shape index (κ1) is 19.4. The maximum absolute atomic E-state index is 12.8. The first-order valence-electron chi connectivity index (χ1n) is 9.63. The molecule has 1 atom stereocenters. The number of nitrogens with zero attached hydrogens (tertiary/aromatic N) is 3. The number of aromatic nitrogens is 2. The van der Waals surface area contributed by atoms with Gasteiger partial charge in [-0.05, 0) is 37.1 Å². The molecule has 1 unspecified atom stereocenters. The van der Waals surface area contributed by atoms with Crippen molar-refractivity contribution in [1.29, 1.82) is 0 Å². The van der Waals surface area contributed by atoms with E-state index < -0.39 is 0 Å². The van der Waals surface area contributed by atoms with Crippen LogP contribution in [0.2, 0.25) is 0 Å². The summed E-state index contributed by atoms with van der Waals surface area (Å²) in [5.74, 6) is 1.43. The van der Waals surface area contributed by atoms with E-state index in [2.05, 4.69) is 20.2 Å². The monoisotopic (exact) mass is 412 g/mol. The summed E-state index contributed by atoms with van der Waals surface area (Å²) in [6, 6.07) is 9.47. The van der Waals surface area contributed by atoms with Crippen LogP contribution in [-0.2, 0) is 11.3 Å². The summed E-state index contributed by atoms with van der Waals surface area (Å²) >= 11 is 1.58. The number of carbonyl (C=O) groups excluding carboxylic acids is 1. The van der Waals surface area contributed by atoms with Gasteiger partial charge >= 0.3 is 0 Å². The van der Waals surface area contributed by atoms with E-state index >= 15 is 0 Å². The highest BCUT2D eigenvalue weighted by Crippen LogP contribution is 2.30. The number of pyridine rings is 1. The second-order valence-electron chi connectivity index (χ2n) is 7.00. The fraction of sp³-hybridized carbons (Fsp3) is 0.381. The van der Waals surface area contributed by atoms with Gasteiger partial charge in [-0.25, -0.2) is 9.97 Å². The van der Waals surface area contributed by atoms with Crippen LogP contribution in [0.5, 0.6) is 11.5 Å². The van der Waals surface area contributed by atoms with E-state index in [-0.39, 0.29) is 11.8 Å². The summed E-state index contributed by atoms with van der Waals surface area (Å²) in [5, 5.41) is 4.00. The minimum atomic E-state index is -0.0621. The number of anilines is 1. The maximum Gasteiger partial charge on any atom is 0.225 e. The van der Waals surface area contributed by atoms with Crippen LogP contribution in [-0.4, -0.2) is 43.2 Å². The molecule has 1 aliphatic heterocycles. The smallest absolute Gasteiger partial charge is 0.225 e. The molecule has 0 radical (unpaired) electrons. The second-order valence-corrected chi connectivity index (χ2v) is 7.96. The third kappa shape index (κ3) is 4.27. The molecule has 29 heavy (non-hydrogen) atoms. The van der Waals surface area contributed by atoms with Gasteiger partial charge in [-0.15, -0.1) is 0 Å². The number of thiazole rings is 1. The minimum Gasteiger partial charge on any atom is -0.497 e. The van der Waals surface area contributed by atoms with Crippen LogP contribution >= 0.6 is 11.3 Å². The van der Waals surface area contributed by atoms with Crippen molar-refractivity contribution < 1.29 is 14.3 Å². The van der Waals surface area contributed by atoms with Crippen LogP contribution in [0.25, 0.3) is 10.3 Å². The average molecular weight is 413 g/mol. The van der Waals surface area contributed by atoms with Gasteiger partial charge in [0.05, 0.1) is 20.1 Å². The van der Waals surface area contributed by atoms with E-state index in [0.717, 1.165) is 46.2 Å². The SMILES string of the molecule is COc1ccc(CNC(=O)C2CCCN(c3nc4cccnc4s3)C2)c(OC)c1. The molecule has 152 valence electrons. The van der Waals surface area contributed by atoms with Crippen molar-refractivity contribution >= 4 is 32.7 Å². The van der Waals surface area contributed by atoms with Gasteiger partial charge < -0.3 is 19.7 Å². The fourth-order valence-corrected chi connectivity index (χ4v) is 4.53. The number of benzene rings is 1. The highest BCUT2D eigenvalue weighted by molar-refractivity contribution is 7.21. The van der Waals surface area contributed by atoms with Crippen LogP contribution in [0.1, 0.15) is 18.4 Å². The molecule has 0 spiro atoms. The zero-order chi connectivity index (χ0) is 20.2. The number of amides is 1. The predicted molar refractivity (Wildman–Crippen MR) is 114 cm³/mol. The van der Waals surface area contributed by atoms with Crippen LogP contribution in [0.15, 0.2) is 36.5 Å². The van der Waals surface area contributed by atoms with Gasteiger partial charge in [0.25, 0.3) is 0 Å². The molecule has 3 heterocycles. The topological polar surface area (TPSA) is 76.6 Å². The molecule has 2 aromatic heterocycles. The van der Waals surface area contributed by atoms with Gasteiger partial charge in [-0.2, -0.15) is 0 Å². The molecule has 1 amide bonds. The van der Waals surface area contributed by atoms with E-state index in [0.29, 0.717) is 18.8 Å². The summed E-state index contributed by atoms with van der Waals surface area (Å²) in [7, 11) is 3.23. The Morgan fingerprint density at radius 1 is 1.31 bits per heavy atom. The molecule has 1 N–H and O–H groups in total. The molecule has 4 rings (SSSR count). The summed E-state index contributed by atoms with van der Waals surface area (Å²) in [6.07, 6.45) is 3.63. The molecule has 1 saturated heterocycles. The van der Waals surface area contributed by atoms with Crippen molar-refractivity contribution in [3.05, 3.63) is 42.1 Å². The van der Waals surface area contributed by atoms with Gasteiger partial charge in [0.15, 0.2) is 5.13 Å². The van der Waals surface area contributed by atoms with Gasteiger partial charge in [0.1, 0.15) is 21.8 Å². The molecular weight excluding hydrogens is 388 g/mol. The van der Waals surface area contributed by atoms with Crippen molar-refractivity contribution in [2.75, 3.05) is 32.2 Å². The third-order valence-electron chi connectivity index (χ3n) is 5.17. The Bertz CT molecular complexity index is 974. The third-order valence-corrected chi connectivity index (χ3v) is 6.21. The Labute approximate surface area is 173 Å². The molecule has 0 saturated carbocycles. The molecule has 1 aromatic carbocycles. The highest BCUT2D eigenvalue weighted by atomic mass is 32.1. The first-order valence-corrected chi connectivity index (χ1v) is 10.4. The Morgan fingerprint density at radius 2 is 2.21 bits per heavy atom. The lowest BCUT2D eigenvalue weighted by molar-refractivity contribution is -0.125. The normalized spacial score (nSPS) is 16.6. The van der Waals surface area contributed by atoms with E-state index in [1.165, 1.54) is 0 Å². The molecular formula is C21H24N4O3S. The summed E-state index contributed by atoms with van der Waals surface area (Å²) in [5.41, 5.74) is 1.83. The van der Waals surface area contributed by atoms with E-state index in [9.17, 15) is 4.79 Å². The Hall–Kier alpha value is -2.87. The largest absolute Gasteiger partial charge is 0.497 e. The lowest BCUT2D eigenvalue weighted by Gasteiger charge is -2.31. The zero-order valence-electron chi connectivity index (χ0n) is 16.6. The molecule has 0 aliphatic carbocycles. The van der Waals surface area contributed by atoms with Crippen LogP contribution < -0.4 is 19.7 Å². The van der Waals surface area contributed by atoms with Gasteiger partial charge in [0.2, 0.25) is 5.91 Å². The fourth-order valence-electron chi connectivity index (χ4n) is 3.58. The molecule has 1 fully saturated rings. The van der Waals surface area contributed by atoms with Gasteiger partial charge in [0, 0.05) is 37.5 Å². The Morgan fingerprint density at radius 3 is 3.00 bits per heavy atom. The summed E-state index contributed by atoms with van der Waals surface area (Å²) in [6.45, 7) is 2.01. The summed E-state index contributed by atoms with van der Waals surface area (Å²) in [4.78, 5) is 25.0. The van der Waals surface area contributed by atoms with Crippen molar-refractivity contribution in [2.24, 2.45) is 5.92 Å². The number of ether oxygens (including phenoxy) is 2. The second kappa shape index (κ2) is 8.65. The minimum absolute atomic E-state index is 0.0619. The average Bonchev–Trinajstić information content (AvgIpc) is 3.22. The van der Waals surface area contributed by atoms with Gasteiger partial charge in [-0.3, -0.25) is 4.79 Å². The van der Waals surface area contributed by atoms with E-state index in [1.54, 1.807) is 31.8 Å². The van der Waals surface area contributed by atoms with Crippen molar-refractivity contribution in [1.82, 2.24) is 15.3 Å². The number of piperidine rings is 1. The van der Waals surface area contributed by atoms with E-state index in [4.69, 9.17) is 9.47 Å². The molecule has 7 nitrogen and oxygen atoms in total. The van der Waals surface area contributed by atoms with Crippen molar-refractivity contribution in [2.45, 2.75) is 19.4 Å². The van der Waals surface area contributed by atoms with Crippen LogP contribution in [0.3, 0.4) is 0 Å². The first-order chi connectivity index (χ1) is 14.2. The number of fused-ring (bicyclic) bond motifs is 1. The number of carbonyl (C=O) groups is 1. The maximum atomic E-state index is 12.8. The quantitative estimate of drug-likeness (QED) is 0.670. The molecule has 3 aromatic rings. The lowest BCUT2D eigenvalue weighted by Crippen LogP contribution is -2.43. The number of nitrogens with one attached hydrogen (secondary N) is 1. The van der Waals surface area contributed by atoms with E-state index in [1.807, 2.05) is 30.3 Å². The Balaban J connectivity index is 1.40. The van der Waals surface area contributed by atoms with Crippen LogP contribution in [0.4, 0.5) is 5.13 Å². The number of hydrogen-bond donors (Lipinski definition) is 1. The van der Waals surface area contributed by atoms with Crippen molar-refractivity contribution in [3.8, 4) is 11.5 Å². The molecule has 0 bridgehead atoms. The summed E-state index contributed by atoms with van der Waals surface area (Å²) < 4.78 is 10.6. The number of methoxy groups -OCH3 is 2. The van der Waals surface area contributed by atoms with Crippen LogP contribution in [0, 0.1) is 5.92 Å². The number of hydrogen-bond acceptors (Lipinski definition) is 7. The zero-order valence-corrected chi connectivity index (χ0v) is 17.4. The predicted octanol–water partition coefficient (Wildman–Crippen LogP) is 3.24. The molecule has 1 aliphatic rings. The standard InChI is InChI=1S/C21H24N4O3S/c1-27-16-8-7-14(18(11-16)28-2)12-23-19(26)15-5-4-10-25(13-15)21-24-17-6-3-9-22-20(17)29-21/h3,6-9,11,15H,4-5,10,12-13H2,1-2H3,(H,23,26).